The molecular formula is C15H16N4OS. The minimum atomic E-state index is 0.190. The van der Waals surface area contributed by atoms with Gasteiger partial charge in [0.15, 0.2) is 0 Å². The molecule has 2 fully saturated rings. The highest BCUT2D eigenvalue weighted by molar-refractivity contribution is 7.07. The number of hydrogen-bond donors (Lipinski definition) is 0. The average Bonchev–Trinajstić information content (AvgIpc) is 3.19. The number of nitrogens with zero attached hydrogens (tertiary/aromatic N) is 4. The van der Waals surface area contributed by atoms with Crippen LogP contribution in [0.4, 0.5) is 5.69 Å². The lowest BCUT2D eigenvalue weighted by Gasteiger charge is -2.24. The van der Waals surface area contributed by atoms with Gasteiger partial charge in [-0.1, -0.05) is 0 Å². The predicted molar refractivity (Wildman–Crippen MR) is 81.1 cm³/mol. The fourth-order valence-electron chi connectivity index (χ4n) is 3.49. The summed E-state index contributed by atoms with van der Waals surface area (Å²) in [5.74, 6) is 0.190. The maximum Gasteiger partial charge on any atom is 0.229 e. The number of carbonyl (C=O) groups excluding carboxylic acids is 1. The highest BCUT2D eigenvalue weighted by Crippen LogP contribution is 2.36. The van der Waals surface area contributed by atoms with E-state index in [2.05, 4.69) is 31.7 Å². The summed E-state index contributed by atoms with van der Waals surface area (Å²) < 4.78 is 0. The summed E-state index contributed by atoms with van der Waals surface area (Å²) in [5, 5.41) is 4.29. The van der Waals surface area contributed by atoms with Crippen LogP contribution >= 0.6 is 11.3 Å². The summed E-state index contributed by atoms with van der Waals surface area (Å²) in [5.41, 5.74) is 2.17. The largest absolute Gasteiger partial charge is 0.305 e. The second kappa shape index (κ2) is 5.20. The number of rotatable bonds is 3. The van der Waals surface area contributed by atoms with Crippen LogP contribution in [0.15, 0.2) is 35.5 Å². The Kier molecular flexibility index (Phi) is 3.20. The standard InChI is InChI=1S/C15H16N4OS/c20-15-5-14-13(19(15)12-6-16-10-17-7-12)1-3-18(14)8-11-2-4-21-9-11/h2,4,6-7,9-10,13-14H,1,3,5,8H2/t13-,14-/m0/s1. The van der Waals surface area contributed by atoms with Crippen molar-refractivity contribution < 1.29 is 4.79 Å². The number of anilines is 1. The van der Waals surface area contributed by atoms with E-state index in [0.717, 1.165) is 25.2 Å². The molecule has 1 amide bonds. The molecule has 0 saturated carbocycles. The van der Waals surface area contributed by atoms with Crippen LogP contribution in [0.1, 0.15) is 18.4 Å². The van der Waals surface area contributed by atoms with Crippen molar-refractivity contribution in [2.24, 2.45) is 0 Å². The number of hydrogen-bond acceptors (Lipinski definition) is 5. The Bertz CT molecular complexity index is 630. The van der Waals surface area contributed by atoms with Gasteiger partial charge in [-0.2, -0.15) is 11.3 Å². The van der Waals surface area contributed by atoms with Gasteiger partial charge in [-0.05, 0) is 28.8 Å². The van der Waals surface area contributed by atoms with Crippen LogP contribution in [0.25, 0.3) is 0 Å². The van der Waals surface area contributed by atoms with Crippen LogP contribution in [0.2, 0.25) is 0 Å². The first-order valence-electron chi connectivity index (χ1n) is 7.15. The van der Waals surface area contributed by atoms with Crippen molar-refractivity contribution in [3.63, 3.8) is 0 Å². The summed E-state index contributed by atoms with van der Waals surface area (Å²) in [4.78, 5) is 24.8. The fourth-order valence-corrected chi connectivity index (χ4v) is 4.15. The Morgan fingerprint density at radius 3 is 2.90 bits per heavy atom. The Morgan fingerprint density at radius 1 is 1.29 bits per heavy atom. The molecule has 4 rings (SSSR count). The summed E-state index contributed by atoms with van der Waals surface area (Å²) in [6.45, 7) is 1.99. The molecule has 0 aliphatic carbocycles. The third kappa shape index (κ3) is 2.24. The lowest BCUT2D eigenvalue weighted by Crippen LogP contribution is -2.37. The van der Waals surface area contributed by atoms with Gasteiger partial charge in [0.1, 0.15) is 6.33 Å². The van der Waals surface area contributed by atoms with Crippen LogP contribution in [0, 0.1) is 0 Å². The topological polar surface area (TPSA) is 49.3 Å². The molecule has 4 heterocycles. The molecule has 0 N–H and O–H groups in total. The van der Waals surface area contributed by atoms with E-state index in [4.69, 9.17) is 0 Å². The third-order valence-corrected chi connectivity index (χ3v) is 5.13. The van der Waals surface area contributed by atoms with E-state index in [1.54, 1.807) is 23.7 Å². The second-order valence-electron chi connectivity index (χ2n) is 5.59. The van der Waals surface area contributed by atoms with Crippen molar-refractivity contribution in [3.8, 4) is 0 Å². The lowest BCUT2D eigenvalue weighted by atomic mass is 10.1. The first kappa shape index (κ1) is 12.9. The van der Waals surface area contributed by atoms with Gasteiger partial charge in [-0.15, -0.1) is 0 Å². The number of thiophene rings is 1. The van der Waals surface area contributed by atoms with Gasteiger partial charge in [0.05, 0.1) is 24.1 Å². The molecule has 2 aliphatic rings. The molecule has 6 heteroatoms. The van der Waals surface area contributed by atoms with Crippen LogP contribution in [-0.2, 0) is 11.3 Å². The molecule has 5 nitrogen and oxygen atoms in total. The zero-order valence-electron chi connectivity index (χ0n) is 11.6. The van der Waals surface area contributed by atoms with E-state index < -0.39 is 0 Å². The predicted octanol–water partition coefficient (Wildman–Crippen LogP) is 1.92. The molecule has 2 saturated heterocycles. The van der Waals surface area contributed by atoms with Gasteiger partial charge in [-0.3, -0.25) is 9.69 Å². The van der Waals surface area contributed by atoms with Crippen molar-refractivity contribution in [2.45, 2.75) is 31.5 Å². The summed E-state index contributed by atoms with van der Waals surface area (Å²) in [6, 6.07) is 2.75. The third-order valence-electron chi connectivity index (χ3n) is 4.40. The molecule has 108 valence electrons. The molecule has 0 bridgehead atoms. The Hall–Kier alpha value is -1.79. The van der Waals surface area contributed by atoms with Crippen LogP contribution in [0.3, 0.4) is 0 Å². The van der Waals surface area contributed by atoms with Gasteiger partial charge < -0.3 is 4.90 Å². The summed E-state index contributed by atoms with van der Waals surface area (Å²) >= 11 is 1.73. The van der Waals surface area contributed by atoms with Gasteiger partial charge >= 0.3 is 0 Å². The van der Waals surface area contributed by atoms with E-state index in [1.165, 1.54) is 11.9 Å². The zero-order valence-corrected chi connectivity index (χ0v) is 12.4. The van der Waals surface area contributed by atoms with Crippen LogP contribution < -0.4 is 4.90 Å². The smallest absolute Gasteiger partial charge is 0.229 e. The van der Waals surface area contributed by atoms with Crippen LogP contribution in [-0.4, -0.2) is 39.4 Å². The maximum absolute atomic E-state index is 12.4. The van der Waals surface area contributed by atoms with E-state index in [0.29, 0.717) is 12.5 Å². The molecule has 0 unspecified atom stereocenters. The fraction of sp³-hybridized carbons (Fsp3) is 0.400. The normalized spacial score (nSPS) is 25.5. The molecular weight excluding hydrogens is 284 g/mol. The Morgan fingerprint density at radius 2 is 2.14 bits per heavy atom. The number of carbonyl (C=O) groups is 1. The first-order chi connectivity index (χ1) is 10.3. The van der Waals surface area contributed by atoms with Crippen LogP contribution in [0.5, 0.6) is 0 Å². The molecule has 0 aromatic carbocycles. The SMILES string of the molecule is O=C1C[C@H]2[C@H](CCN2Cc2ccsc2)N1c1cncnc1. The van der Waals surface area contributed by atoms with E-state index >= 15 is 0 Å². The molecule has 2 aromatic heterocycles. The molecule has 0 spiro atoms. The zero-order chi connectivity index (χ0) is 14.2. The number of amides is 1. The second-order valence-corrected chi connectivity index (χ2v) is 6.37. The number of fused-ring (bicyclic) bond motifs is 1. The highest BCUT2D eigenvalue weighted by Gasteiger charge is 2.47. The summed E-state index contributed by atoms with van der Waals surface area (Å²) in [7, 11) is 0. The van der Waals surface area contributed by atoms with Gasteiger partial charge in [0, 0.05) is 25.6 Å². The monoisotopic (exact) mass is 300 g/mol. The molecule has 2 aliphatic heterocycles. The van der Waals surface area contributed by atoms with E-state index in [-0.39, 0.29) is 11.9 Å². The Labute approximate surface area is 127 Å². The van der Waals surface area contributed by atoms with Crippen molar-refractivity contribution in [1.82, 2.24) is 14.9 Å². The van der Waals surface area contributed by atoms with E-state index in [9.17, 15) is 4.79 Å². The van der Waals surface area contributed by atoms with Crippen molar-refractivity contribution >= 4 is 22.9 Å². The molecule has 2 aromatic rings. The molecule has 2 atom stereocenters. The van der Waals surface area contributed by atoms with Gasteiger partial charge in [0.25, 0.3) is 0 Å². The Balaban J connectivity index is 1.55. The lowest BCUT2D eigenvalue weighted by molar-refractivity contribution is -0.117. The molecule has 21 heavy (non-hydrogen) atoms. The average molecular weight is 300 g/mol. The highest BCUT2D eigenvalue weighted by atomic mass is 32.1. The van der Waals surface area contributed by atoms with Crippen molar-refractivity contribution in [1.29, 1.82) is 0 Å². The summed E-state index contributed by atoms with van der Waals surface area (Å²) in [6.07, 6.45) is 6.59. The number of aromatic nitrogens is 2. The van der Waals surface area contributed by atoms with E-state index in [1.807, 2.05) is 4.90 Å². The minimum Gasteiger partial charge on any atom is -0.305 e. The van der Waals surface area contributed by atoms with Crippen molar-refractivity contribution in [2.75, 3.05) is 11.4 Å². The van der Waals surface area contributed by atoms with Gasteiger partial charge in [-0.25, -0.2) is 9.97 Å². The van der Waals surface area contributed by atoms with Crippen molar-refractivity contribution in [3.05, 3.63) is 41.1 Å². The quantitative estimate of drug-likeness (QED) is 0.869. The minimum absolute atomic E-state index is 0.190. The number of likely N-dealkylation sites (tertiary alicyclic amines) is 1. The maximum atomic E-state index is 12.4. The molecule has 0 radical (unpaired) electrons. The van der Waals surface area contributed by atoms with Gasteiger partial charge in [0.2, 0.25) is 5.91 Å². The first-order valence-corrected chi connectivity index (χ1v) is 8.09.